The molecule has 1 aliphatic carbocycles. The van der Waals surface area contributed by atoms with Crippen LogP contribution in [0, 0.1) is 6.92 Å². The molecule has 9 nitrogen and oxygen atoms in total. The number of benzene rings is 1. The molecular weight excluding hydrogens is 344 g/mol. The molecule has 1 aromatic carbocycles. The summed E-state index contributed by atoms with van der Waals surface area (Å²) in [5, 5.41) is 14.9. The predicted molar refractivity (Wildman–Crippen MR) is 103 cm³/mol. The smallest absolute Gasteiger partial charge is 0.273 e. The average molecular weight is 364 g/mol. The van der Waals surface area contributed by atoms with E-state index in [1.165, 1.54) is 0 Å². The van der Waals surface area contributed by atoms with Crippen molar-refractivity contribution in [1.82, 2.24) is 20.2 Å². The third kappa shape index (κ3) is 3.77. The number of carbonyl (C=O) groups is 1. The van der Waals surface area contributed by atoms with Crippen LogP contribution in [-0.2, 0) is 0 Å². The van der Waals surface area contributed by atoms with E-state index in [-0.39, 0.29) is 23.0 Å². The minimum absolute atomic E-state index is 0.0310. The normalized spacial score (nSPS) is 14.7. The van der Waals surface area contributed by atoms with Crippen LogP contribution in [0.5, 0.6) is 0 Å². The Kier molecular flexibility index (Phi) is 4.08. The van der Waals surface area contributed by atoms with E-state index in [4.69, 9.17) is 11.5 Å². The Bertz CT molecular complexity index is 1030. The molecule has 1 fully saturated rings. The van der Waals surface area contributed by atoms with E-state index in [0.29, 0.717) is 6.54 Å². The number of rotatable bonds is 6. The van der Waals surface area contributed by atoms with Crippen LogP contribution in [0.25, 0.3) is 10.9 Å². The number of amides is 1. The number of hydrogen-bond donors (Lipinski definition) is 4. The van der Waals surface area contributed by atoms with Crippen LogP contribution in [0.15, 0.2) is 30.3 Å². The molecule has 0 radical (unpaired) electrons. The van der Waals surface area contributed by atoms with Gasteiger partial charge in [-0.3, -0.25) is 9.78 Å². The third-order valence-electron chi connectivity index (χ3n) is 4.50. The van der Waals surface area contributed by atoms with Crippen LogP contribution in [0.3, 0.4) is 0 Å². The second kappa shape index (κ2) is 6.44. The van der Waals surface area contributed by atoms with Crippen LogP contribution in [0.1, 0.15) is 29.0 Å². The number of nitrogens with zero attached hydrogens (tertiary/aromatic N) is 4. The minimum Gasteiger partial charge on any atom is -0.364 e. The lowest BCUT2D eigenvalue weighted by atomic mass is 10.2. The lowest BCUT2D eigenvalue weighted by Gasteiger charge is -2.13. The van der Waals surface area contributed by atoms with E-state index in [0.717, 1.165) is 35.1 Å². The zero-order chi connectivity index (χ0) is 19.0. The first-order chi connectivity index (χ1) is 12.9. The van der Waals surface area contributed by atoms with Crippen molar-refractivity contribution in [3.63, 3.8) is 0 Å². The van der Waals surface area contributed by atoms with E-state index in [1.54, 1.807) is 0 Å². The molecule has 0 atom stereocenters. The van der Waals surface area contributed by atoms with Gasteiger partial charge in [-0.05, 0) is 44.0 Å². The van der Waals surface area contributed by atoms with E-state index in [2.05, 4.69) is 30.8 Å². The van der Waals surface area contributed by atoms with Crippen molar-refractivity contribution >= 4 is 34.3 Å². The number of nitrogens with one attached hydrogen (secondary N) is 2. The molecule has 1 amide bonds. The second-order valence-corrected chi connectivity index (χ2v) is 6.90. The first kappa shape index (κ1) is 17.1. The molecule has 3 aromatic rings. The van der Waals surface area contributed by atoms with Gasteiger partial charge in [-0.15, -0.1) is 10.2 Å². The molecule has 1 aliphatic rings. The van der Waals surface area contributed by atoms with E-state index < -0.39 is 5.91 Å². The predicted octanol–water partition coefficient (Wildman–Crippen LogP) is 1.47. The number of anilines is 3. The fraction of sp³-hybridized carbons (Fsp3) is 0.278. The summed E-state index contributed by atoms with van der Waals surface area (Å²) >= 11 is 0. The summed E-state index contributed by atoms with van der Waals surface area (Å²) in [4.78, 5) is 20.5. The first-order valence-electron chi connectivity index (χ1n) is 8.64. The van der Waals surface area contributed by atoms with Crippen molar-refractivity contribution < 1.29 is 4.79 Å². The molecule has 1 saturated carbocycles. The van der Waals surface area contributed by atoms with Gasteiger partial charge in [0, 0.05) is 28.9 Å². The summed E-state index contributed by atoms with van der Waals surface area (Å²) in [7, 11) is 0. The SMILES string of the molecule is Cc1ccc2cc(Nc3nc(NCC4(N)CC4)nnc3C(N)=O)ccc2n1. The maximum absolute atomic E-state index is 11.7. The molecule has 2 aromatic heterocycles. The van der Waals surface area contributed by atoms with Crippen LogP contribution in [-0.4, -0.2) is 38.2 Å². The molecule has 2 heterocycles. The van der Waals surface area contributed by atoms with Gasteiger partial charge in [-0.2, -0.15) is 4.98 Å². The standard InChI is InChI=1S/C18H20N8O/c1-10-2-3-11-8-12(4-5-13(11)22-10)23-16-14(15(19)27)25-26-17(24-16)21-9-18(20)6-7-18/h2-5,8H,6-7,9,20H2,1H3,(H2,19,27)(H2,21,23,24,26). The summed E-state index contributed by atoms with van der Waals surface area (Å²) in [5.41, 5.74) is 13.8. The molecule has 0 bridgehead atoms. The summed E-state index contributed by atoms with van der Waals surface area (Å²) < 4.78 is 0. The number of pyridine rings is 1. The minimum atomic E-state index is -0.709. The van der Waals surface area contributed by atoms with Crippen LogP contribution in [0.2, 0.25) is 0 Å². The lowest BCUT2D eigenvalue weighted by molar-refractivity contribution is 0.0995. The maximum atomic E-state index is 11.7. The van der Waals surface area contributed by atoms with Gasteiger partial charge >= 0.3 is 0 Å². The zero-order valence-corrected chi connectivity index (χ0v) is 14.9. The molecule has 6 N–H and O–H groups in total. The Morgan fingerprint density at radius 3 is 2.74 bits per heavy atom. The van der Waals surface area contributed by atoms with Gasteiger partial charge in [-0.25, -0.2) is 0 Å². The third-order valence-corrected chi connectivity index (χ3v) is 4.50. The molecule has 0 saturated heterocycles. The number of primary amides is 1. The van der Waals surface area contributed by atoms with Gasteiger partial charge in [0.2, 0.25) is 5.95 Å². The lowest BCUT2D eigenvalue weighted by Crippen LogP contribution is -2.32. The highest BCUT2D eigenvalue weighted by Gasteiger charge is 2.38. The topological polar surface area (TPSA) is 145 Å². The van der Waals surface area contributed by atoms with Crippen molar-refractivity contribution in [2.75, 3.05) is 17.2 Å². The van der Waals surface area contributed by atoms with E-state index in [9.17, 15) is 4.79 Å². The number of nitrogens with two attached hydrogens (primary N) is 2. The van der Waals surface area contributed by atoms with Crippen molar-refractivity contribution in [3.8, 4) is 0 Å². The Labute approximate surface area is 155 Å². The van der Waals surface area contributed by atoms with E-state index in [1.807, 2.05) is 37.3 Å². The summed E-state index contributed by atoms with van der Waals surface area (Å²) in [6, 6.07) is 9.59. The molecule has 0 unspecified atom stereocenters. The highest BCUT2D eigenvalue weighted by molar-refractivity contribution is 5.96. The van der Waals surface area contributed by atoms with Crippen LogP contribution in [0.4, 0.5) is 17.5 Å². The highest BCUT2D eigenvalue weighted by Crippen LogP contribution is 2.32. The van der Waals surface area contributed by atoms with Crippen molar-refractivity contribution in [2.24, 2.45) is 11.5 Å². The monoisotopic (exact) mass is 364 g/mol. The van der Waals surface area contributed by atoms with Crippen LogP contribution < -0.4 is 22.1 Å². The molecule has 0 aliphatic heterocycles. The average Bonchev–Trinajstić information content (AvgIpc) is 3.38. The number of fused-ring (bicyclic) bond motifs is 1. The van der Waals surface area contributed by atoms with Crippen LogP contribution >= 0.6 is 0 Å². The molecule has 138 valence electrons. The zero-order valence-electron chi connectivity index (χ0n) is 14.9. The van der Waals surface area contributed by atoms with Gasteiger partial charge in [-0.1, -0.05) is 6.07 Å². The van der Waals surface area contributed by atoms with Gasteiger partial charge in [0.25, 0.3) is 5.91 Å². The molecule has 9 heteroatoms. The van der Waals surface area contributed by atoms with Gasteiger partial charge in [0.1, 0.15) is 0 Å². The molecule has 4 rings (SSSR count). The quantitative estimate of drug-likeness (QED) is 0.514. The van der Waals surface area contributed by atoms with Crippen molar-refractivity contribution in [2.45, 2.75) is 25.3 Å². The Hall–Kier alpha value is -3.33. The first-order valence-corrected chi connectivity index (χ1v) is 8.64. The summed E-state index contributed by atoms with van der Waals surface area (Å²) in [6.07, 6.45) is 1.92. The van der Waals surface area contributed by atoms with Gasteiger partial charge < -0.3 is 22.1 Å². The highest BCUT2D eigenvalue weighted by atomic mass is 16.1. The molecule has 27 heavy (non-hydrogen) atoms. The number of aryl methyl sites for hydroxylation is 1. The van der Waals surface area contributed by atoms with Crippen molar-refractivity contribution in [3.05, 3.63) is 41.7 Å². The molecular formula is C18H20N8O. The van der Waals surface area contributed by atoms with E-state index >= 15 is 0 Å². The fourth-order valence-corrected chi connectivity index (χ4v) is 2.69. The van der Waals surface area contributed by atoms with Crippen molar-refractivity contribution in [1.29, 1.82) is 0 Å². The van der Waals surface area contributed by atoms with Gasteiger partial charge in [0.15, 0.2) is 11.5 Å². The number of carbonyl (C=O) groups excluding carboxylic acids is 1. The molecule has 0 spiro atoms. The second-order valence-electron chi connectivity index (χ2n) is 6.90. The summed E-state index contributed by atoms with van der Waals surface area (Å²) in [5.74, 6) is -0.182. The number of aromatic nitrogens is 4. The maximum Gasteiger partial charge on any atom is 0.273 e. The van der Waals surface area contributed by atoms with Gasteiger partial charge in [0.05, 0.1) is 5.52 Å². The Morgan fingerprint density at radius 1 is 1.19 bits per heavy atom. The summed E-state index contributed by atoms with van der Waals surface area (Å²) in [6.45, 7) is 2.49. The largest absolute Gasteiger partial charge is 0.364 e. The fourth-order valence-electron chi connectivity index (χ4n) is 2.69. The Morgan fingerprint density at radius 2 is 2.00 bits per heavy atom. The Balaban J connectivity index is 1.62. The number of hydrogen-bond acceptors (Lipinski definition) is 8.